The highest BCUT2D eigenvalue weighted by atomic mass is 15.0. The number of nitrogens with zero attached hydrogens (tertiary/aromatic N) is 3. The Hall–Kier alpha value is -1.89. The molecule has 0 aliphatic rings. The molecule has 0 fully saturated rings. The first-order valence-electron chi connectivity index (χ1n) is 3.88. The summed E-state index contributed by atoms with van der Waals surface area (Å²) < 4.78 is 0. The van der Waals surface area contributed by atoms with Crippen LogP contribution in [0.15, 0.2) is 25.0 Å². The number of rotatable bonds is 3. The maximum Gasteiger partial charge on any atom is 0.182 e. The van der Waals surface area contributed by atoms with Crippen LogP contribution in [0, 0.1) is 11.3 Å². The zero-order valence-corrected chi connectivity index (χ0v) is 7.36. The van der Waals surface area contributed by atoms with Crippen molar-refractivity contribution in [3.05, 3.63) is 30.7 Å². The van der Waals surface area contributed by atoms with Gasteiger partial charge in [0, 0.05) is 18.4 Å². The third kappa shape index (κ3) is 2.27. The van der Waals surface area contributed by atoms with Gasteiger partial charge in [-0.15, -0.1) is 6.58 Å². The van der Waals surface area contributed by atoms with Crippen LogP contribution in [0.4, 0.5) is 5.82 Å². The Labute approximate surface area is 76.9 Å². The van der Waals surface area contributed by atoms with E-state index in [-0.39, 0.29) is 6.04 Å². The summed E-state index contributed by atoms with van der Waals surface area (Å²) in [6, 6.07) is 2.03. The Morgan fingerprint density at radius 3 is 2.92 bits per heavy atom. The highest BCUT2D eigenvalue weighted by Gasteiger charge is 2.04. The molecule has 0 aromatic carbocycles. The van der Waals surface area contributed by atoms with E-state index in [0.717, 1.165) is 0 Å². The van der Waals surface area contributed by atoms with Gasteiger partial charge >= 0.3 is 0 Å². The fourth-order valence-corrected chi connectivity index (χ4v) is 0.800. The lowest BCUT2D eigenvalue weighted by atomic mass is 10.3. The Kier molecular flexibility index (Phi) is 2.98. The van der Waals surface area contributed by atoms with Gasteiger partial charge in [-0.1, -0.05) is 6.08 Å². The number of anilines is 1. The standard InChI is InChI=1S/C9H10N4/c1-3-7(2)13-9-8(6-10)11-4-5-12-9/h3-5,7H,1H2,2H3,(H,12,13). The van der Waals surface area contributed by atoms with Gasteiger partial charge in [0.15, 0.2) is 11.5 Å². The van der Waals surface area contributed by atoms with Gasteiger partial charge in [0.1, 0.15) is 6.07 Å². The number of nitrogens with one attached hydrogen (secondary N) is 1. The van der Waals surface area contributed by atoms with Crippen molar-refractivity contribution in [2.45, 2.75) is 13.0 Å². The Bertz CT molecular complexity index is 340. The topological polar surface area (TPSA) is 61.6 Å². The van der Waals surface area contributed by atoms with Gasteiger partial charge in [-0.05, 0) is 6.92 Å². The summed E-state index contributed by atoms with van der Waals surface area (Å²) in [5.74, 6) is 0.498. The SMILES string of the molecule is C=CC(C)Nc1nccnc1C#N. The van der Waals surface area contributed by atoms with Crippen molar-refractivity contribution in [3.63, 3.8) is 0 Å². The van der Waals surface area contributed by atoms with Crippen molar-refractivity contribution in [1.82, 2.24) is 9.97 Å². The molecule has 13 heavy (non-hydrogen) atoms. The predicted octanol–water partition coefficient (Wildman–Crippen LogP) is 1.33. The maximum atomic E-state index is 8.69. The fraction of sp³-hybridized carbons (Fsp3) is 0.222. The van der Waals surface area contributed by atoms with Gasteiger partial charge in [-0.2, -0.15) is 5.26 Å². The molecule has 1 aromatic rings. The van der Waals surface area contributed by atoms with Crippen LogP contribution < -0.4 is 5.32 Å². The monoisotopic (exact) mass is 174 g/mol. The first kappa shape index (κ1) is 9.20. The minimum Gasteiger partial charge on any atom is -0.362 e. The molecule has 0 saturated carbocycles. The molecular formula is C9H10N4. The first-order valence-corrected chi connectivity index (χ1v) is 3.88. The molecule has 0 spiro atoms. The Morgan fingerprint density at radius 1 is 1.62 bits per heavy atom. The van der Waals surface area contributed by atoms with Gasteiger partial charge in [0.25, 0.3) is 0 Å². The summed E-state index contributed by atoms with van der Waals surface area (Å²) >= 11 is 0. The minimum atomic E-state index is 0.0730. The second kappa shape index (κ2) is 4.21. The molecule has 0 aliphatic carbocycles. The molecule has 0 bridgehead atoms. The second-order valence-electron chi connectivity index (χ2n) is 2.53. The zero-order valence-electron chi connectivity index (χ0n) is 7.36. The van der Waals surface area contributed by atoms with Crippen molar-refractivity contribution in [3.8, 4) is 6.07 Å². The lowest BCUT2D eigenvalue weighted by molar-refractivity contribution is 0.971. The van der Waals surface area contributed by atoms with Crippen LogP contribution in [0.1, 0.15) is 12.6 Å². The molecule has 0 saturated heterocycles. The summed E-state index contributed by atoms with van der Waals surface area (Å²) in [5, 5.41) is 11.7. The molecular weight excluding hydrogens is 164 g/mol. The van der Waals surface area contributed by atoms with E-state index in [2.05, 4.69) is 21.9 Å². The van der Waals surface area contributed by atoms with E-state index in [1.165, 1.54) is 6.20 Å². The Morgan fingerprint density at radius 2 is 2.31 bits per heavy atom. The van der Waals surface area contributed by atoms with Gasteiger partial charge in [0.2, 0.25) is 0 Å². The highest BCUT2D eigenvalue weighted by Crippen LogP contribution is 2.07. The molecule has 4 heteroatoms. The normalized spacial score (nSPS) is 11.4. The average molecular weight is 174 g/mol. The molecule has 1 aromatic heterocycles. The zero-order chi connectivity index (χ0) is 9.68. The fourth-order valence-electron chi connectivity index (χ4n) is 0.800. The molecule has 1 heterocycles. The van der Waals surface area contributed by atoms with Crippen LogP contribution in [0.25, 0.3) is 0 Å². The van der Waals surface area contributed by atoms with E-state index >= 15 is 0 Å². The second-order valence-corrected chi connectivity index (χ2v) is 2.53. The largest absolute Gasteiger partial charge is 0.362 e. The maximum absolute atomic E-state index is 8.69. The molecule has 1 rings (SSSR count). The molecule has 4 nitrogen and oxygen atoms in total. The predicted molar refractivity (Wildman–Crippen MR) is 50.0 cm³/mol. The van der Waals surface area contributed by atoms with Crippen LogP contribution in [0.2, 0.25) is 0 Å². The number of hydrogen-bond acceptors (Lipinski definition) is 4. The number of aromatic nitrogens is 2. The van der Waals surface area contributed by atoms with Crippen LogP contribution >= 0.6 is 0 Å². The van der Waals surface area contributed by atoms with Crippen LogP contribution in [-0.4, -0.2) is 16.0 Å². The Balaban J connectivity index is 2.88. The van der Waals surface area contributed by atoms with Crippen LogP contribution in [0.3, 0.4) is 0 Å². The van der Waals surface area contributed by atoms with Crippen LogP contribution in [-0.2, 0) is 0 Å². The minimum absolute atomic E-state index is 0.0730. The van der Waals surface area contributed by atoms with E-state index in [1.807, 2.05) is 13.0 Å². The highest BCUT2D eigenvalue weighted by molar-refractivity contribution is 5.47. The number of nitriles is 1. The van der Waals surface area contributed by atoms with Crippen molar-refractivity contribution >= 4 is 5.82 Å². The van der Waals surface area contributed by atoms with Gasteiger partial charge in [0.05, 0.1) is 0 Å². The van der Waals surface area contributed by atoms with Crippen LogP contribution in [0.5, 0.6) is 0 Å². The molecule has 1 unspecified atom stereocenters. The van der Waals surface area contributed by atoms with Crippen molar-refractivity contribution in [1.29, 1.82) is 5.26 Å². The quantitative estimate of drug-likeness (QED) is 0.702. The smallest absolute Gasteiger partial charge is 0.182 e. The average Bonchev–Trinajstić information content (AvgIpc) is 2.18. The lowest BCUT2D eigenvalue weighted by Gasteiger charge is -2.09. The van der Waals surface area contributed by atoms with Gasteiger partial charge in [-0.25, -0.2) is 9.97 Å². The summed E-state index contributed by atoms with van der Waals surface area (Å²) in [6.07, 6.45) is 4.76. The lowest BCUT2D eigenvalue weighted by Crippen LogP contribution is -2.14. The van der Waals surface area contributed by atoms with E-state index < -0.39 is 0 Å². The molecule has 0 amide bonds. The third-order valence-electron chi connectivity index (χ3n) is 1.52. The molecule has 0 aliphatic heterocycles. The summed E-state index contributed by atoms with van der Waals surface area (Å²) in [4.78, 5) is 7.86. The number of hydrogen-bond donors (Lipinski definition) is 1. The van der Waals surface area contributed by atoms with Crippen molar-refractivity contribution in [2.75, 3.05) is 5.32 Å². The molecule has 1 atom stereocenters. The molecule has 1 N–H and O–H groups in total. The van der Waals surface area contributed by atoms with Crippen molar-refractivity contribution < 1.29 is 0 Å². The summed E-state index contributed by atoms with van der Waals surface area (Å²) in [5.41, 5.74) is 0.302. The third-order valence-corrected chi connectivity index (χ3v) is 1.52. The van der Waals surface area contributed by atoms with E-state index in [9.17, 15) is 0 Å². The first-order chi connectivity index (χ1) is 6.27. The molecule has 66 valence electrons. The van der Waals surface area contributed by atoms with E-state index in [4.69, 9.17) is 5.26 Å². The van der Waals surface area contributed by atoms with Gasteiger partial charge < -0.3 is 5.32 Å². The van der Waals surface area contributed by atoms with Crippen molar-refractivity contribution in [2.24, 2.45) is 0 Å². The van der Waals surface area contributed by atoms with E-state index in [1.54, 1.807) is 12.3 Å². The van der Waals surface area contributed by atoms with E-state index in [0.29, 0.717) is 11.5 Å². The summed E-state index contributed by atoms with van der Waals surface area (Å²) in [6.45, 7) is 5.54. The molecule has 0 radical (unpaired) electrons. The van der Waals surface area contributed by atoms with Gasteiger partial charge in [-0.3, -0.25) is 0 Å². The summed E-state index contributed by atoms with van der Waals surface area (Å²) in [7, 11) is 0.